The van der Waals surface area contributed by atoms with Crippen molar-refractivity contribution >= 4 is 0 Å². The monoisotopic (exact) mass is 281 g/mol. The van der Waals surface area contributed by atoms with E-state index in [1.165, 1.54) is 0 Å². The molecule has 3 rings (SSSR count). The van der Waals surface area contributed by atoms with Crippen molar-refractivity contribution in [1.82, 2.24) is 15.1 Å². The van der Waals surface area contributed by atoms with Crippen molar-refractivity contribution in [1.29, 1.82) is 0 Å². The first-order valence-corrected chi connectivity index (χ1v) is 6.73. The van der Waals surface area contributed by atoms with E-state index in [0.717, 1.165) is 16.9 Å². The fourth-order valence-corrected chi connectivity index (χ4v) is 1.90. The number of aromatic nitrogens is 3. The summed E-state index contributed by atoms with van der Waals surface area (Å²) in [5, 5.41) is 3.98. The van der Waals surface area contributed by atoms with E-state index in [4.69, 9.17) is 9.26 Å². The molecule has 0 bridgehead atoms. The van der Waals surface area contributed by atoms with Crippen LogP contribution in [-0.2, 0) is 0 Å². The van der Waals surface area contributed by atoms with Gasteiger partial charge in [0, 0.05) is 23.5 Å². The van der Waals surface area contributed by atoms with Gasteiger partial charge in [-0.1, -0.05) is 5.16 Å². The Bertz CT molecular complexity index is 706. The van der Waals surface area contributed by atoms with Crippen molar-refractivity contribution < 1.29 is 9.26 Å². The molecule has 0 fully saturated rings. The highest BCUT2D eigenvalue weighted by molar-refractivity contribution is 5.59. The molecular formula is C16H15N3O2. The maximum Gasteiger partial charge on any atom is 0.258 e. The van der Waals surface area contributed by atoms with E-state index in [1.54, 1.807) is 12.4 Å². The van der Waals surface area contributed by atoms with Crippen molar-refractivity contribution in [2.24, 2.45) is 0 Å². The van der Waals surface area contributed by atoms with Gasteiger partial charge in [0.05, 0.1) is 6.10 Å². The van der Waals surface area contributed by atoms with Crippen LogP contribution in [0.25, 0.3) is 22.8 Å². The van der Waals surface area contributed by atoms with E-state index < -0.39 is 0 Å². The first-order chi connectivity index (χ1) is 10.2. The molecule has 2 aromatic heterocycles. The van der Waals surface area contributed by atoms with Crippen molar-refractivity contribution in [3.8, 4) is 28.6 Å². The molecule has 5 nitrogen and oxygen atoms in total. The molecular weight excluding hydrogens is 266 g/mol. The molecule has 0 N–H and O–H groups in total. The van der Waals surface area contributed by atoms with Gasteiger partial charge in [0.2, 0.25) is 5.82 Å². The van der Waals surface area contributed by atoms with Crippen LogP contribution in [-0.4, -0.2) is 21.2 Å². The summed E-state index contributed by atoms with van der Waals surface area (Å²) in [5.74, 6) is 1.83. The number of ether oxygens (including phenoxy) is 1. The maximum absolute atomic E-state index is 5.60. The number of benzene rings is 1. The average Bonchev–Trinajstić information content (AvgIpc) is 2.98. The SMILES string of the molecule is CC(C)Oc1ccc(-c2nc(-c3cccnc3)no2)cc1. The Morgan fingerprint density at radius 1 is 1.05 bits per heavy atom. The van der Waals surface area contributed by atoms with Crippen molar-refractivity contribution in [3.05, 3.63) is 48.8 Å². The molecule has 1 aromatic carbocycles. The average molecular weight is 281 g/mol. The highest BCUT2D eigenvalue weighted by Crippen LogP contribution is 2.24. The molecule has 21 heavy (non-hydrogen) atoms. The molecule has 0 saturated heterocycles. The lowest BCUT2D eigenvalue weighted by Gasteiger charge is -2.09. The molecule has 0 aliphatic rings. The topological polar surface area (TPSA) is 61.0 Å². The smallest absolute Gasteiger partial charge is 0.258 e. The van der Waals surface area contributed by atoms with Crippen molar-refractivity contribution in [2.45, 2.75) is 20.0 Å². The van der Waals surface area contributed by atoms with Gasteiger partial charge in [0.1, 0.15) is 5.75 Å². The number of hydrogen-bond donors (Lipinski definition) is 0. The molecule has 0 spiro atoms. The maximum atomic E-state index is 5.60. The van der Waals surface area contributed by atoms with Gasteiger partial charge in [-0.2, -0.15) is 4.98 Å². The Morgan fingerprint density at radius 2 is 1.86 bits per heavy atom. The normalized spacial score (nSPS) is 10.8. The largest absolute Gasteiger partial charge is 0.491 e. The summed E-state index contributed by atoms with van der Waals surface area (Å²) in [6, 6.07) is 11.3. The van der Waals surface area contributed by atoms with Gasteiger partial charge in [0.25, 0.3) is 5.89 Å². The third kappa shape index (κ3) is 3.08. The van der Waals surface area contributed by atoms with E-state index in [0.29, 0.717) is 11.7 Å². The summed E-state index contributed by atoms with van der Waals surface area (Å²) in [6.07, 6.45) is 3.56. The van der Waals surface area contributed by atoms with Crippen molar-refractivity contribution in [3.63, 3.8) is 0 Å². The van der Waals surface area contributed by atoms with Gasteiger partial charge in [-0.05, 0) is 50.2 Å². The second-order valence-electron chi connectivity index (χ2n) is 4.86. The van der Waals surface area contributed by atoms with Crippen LogP contribution in [0.5, 0.6) is 5.75 Å². The van der Waals surface area contributed by atoms with Gasteiger partial charge in [-0.3, -0.25) is 4.98 Å². The summed E-state index contributed by atoms with van der Waals surface area (Å²) < 4.78 is 10.9. The second kappa shape index (κ2) is 5.75. The minimum atomic E-state index is 0.149. The summed E-state index contributed by atoms with van der Waals surface area (Å²) in [5.41, 5.74) is 1.68. The Hall–Kier alpha value is -2.69. The van der Waals surface area contributed by atoms with Gasteiger partial charge >= 0.3 is 0 Å². The molecule has 0 atom stereocenters. The molecule has 5 heteroatoms. The zero-order valence-electron chi connectivity index (χ0n) is 11.9. The van der Waals surface area contributed by atoms with Crippen molar-refractivity contribution in [2.75, 3.05) is 0 Å². The Balaban J connectivity index is 1.83. The van der Waals surface area contributed by atoms with Gasteiger partial charge in [0.15, 0.2) is 0 Å². The lowest BCUT2D eigenvalue weighted by Crippen LogP contribution is -2.05. The van der Waals surface area contributed by atoms with E-state index in [-0.39, 0.29) is 6.10 Å². The third-order valence-corrected chi connectivity index (χ3v) is 2.82. The summed E-state index contributed by atoms with van der Waals surface area (Å²) in [4.78, 5) is 8.43. The van der Waals surface area contributed by atoms with Crippen LogP contribution in [0.2, 0.25) is 0 Å². The van der Waals surface area contributed by atoms with Crippen LogP contribution in [0.15, 0.2) is 53.3 Å². The van der Waals surface area contributed by atoms with Gasteiger partial charge < -0.3 is 9.26 Å². The predicted octanol–water partition coefficient (Wildman–Crippen LogP) is 3.59. The highest BCUT2D eigenvalue weighted by atomic mass is 16.5. The lowest BCUT2D eigenvalue weighted by molar-refractivity contribution is 0.242. The summed E-state index contributed by atoms with van der Waals surface area (Å²) in [6.45, 7) is 3.98. The molecule has 3 aromatic rings. The van der Waals surface area contributed by atoms with E-state index in [9.17, 15) is 0 Å². The van der Waals surface area contributed by atoms with Crippen LogP contribution in [0.4, 0.5) is 0 Å². The predicted molar refractivity (Wildman–Crippen MR) is 78.7 cm³/mol. The molecule has 106 valence electrons. The Kier molecular flexibility index (Phi) is 3.64. The van der Waals surface area contributed by atoms with E-state index >= 15 is 0 Å². The number of nitrogens with zero attached hydrogens (tertiary/aromatic N) is 3. The summed E-state index contributed by atoms with van der Waals surface area (Å²) >= 11 is 0. The number of rotatable bonds is 4. The standard InChI is InChI=1S/C16H15N3O2/c1-11(2)20-14-7-5-12(6-8-14)16-18-15(19-21-16)13-4-3-9-17-10-13/h3-11H,1-2H3. The first-order valence-electron chi connectivity index (χ1n) is 6.73. The lowest BCUT2D eigenvalue weighted by atomic mass is 10.2. The van der Waals surface area contributed by atoms with E-state index in [2.05, 4.69) is 15.1 Å². The Morgan fingerprint density at radius 3 is 2.52 bits per heavy atom. The highest BCUT2D eigenvalue weighted by Gasteiger charge is 2.10. The summed E-state index contributed by atoms with van der Waals surface area (Å²) in [7, 11) is 0. The zero-order chi connectivity index (χ0) is 14.7. The fraction of sp³-hybridized carbons (Fsp3) is 0.188. The molecule has 0 aliphatic carbocycles. The second-order valence-corrected chi connectivity index (χ2v) is 4.86. The molecule has 0 amide bonds. The van der Waals surface area contributed by atoms with Crippen LogP contribution in [0.1, 0.15) is 13.8 Å². The zero-order valence-corrected chi connectivity index (χ0v) is 11.9. The minimum absolute atomic E-state index is 0.149. The third-order valence-electron chi connectivity index (χ3n) is 2.82. The minimum Gasteiger partial charge on any atom is -0.491 e. The van der Waals surface area contributed by atoms with E-state index in [1.807, 2.05) is 50.2 Å². The quantitative estimate of drug-likeness (QED) is 0.731. The van der Waals surface area contributed by atoms with Crippen LogP contribution in [0.3, 0.4) is 0 Å². The molecule has 0 radical (unpaired) electrons. The van der Waals surface area contributed by atoms with Crippen LogP contribution in [0, 0.1) is 0 Å². The molecule has 0 aliphatic heterocycles. The first kappa shape index (κ1) is 13.3. The Labute approximate surface area is 122 Å². The number of hydrogen-bond acceptors (Lipinski definition) is 5. The molecule has 0 saturated carbocycles. The fourth-order valence-electron chi connectivity index (χ4n) is 1.90. The van der Waals surface area contributed by atoms with Crippen LogP contribution < -0.4 is 4.74 Å². The van der Waals surface area contributed by atoms with Gasteiger partial charge in [-0.15, -0.1) is 0 Å². The van der Waals surface area contributed by atoms with Crippen LogP contribution >= 0.6 is 0 Å². The van der Waals surface area contributed by atoms with Gasteiger partial charge in [-0.25, -0.2) is 0 Å². The molecule has 0 unspecified atom stereocenters. The molecule has 2 heterocycles. The number of pyridine rings is 1.